The minimum atomic E-state index is 0.701. The Balaban J connectivity index is 0.000000126. The van der Waals surface area contributed by atoms with E-state index >= 15 is 0 Å². The summed E-state index contributed by atoms with van der Waals surface area (Å²) in [7, 11) is 0. The van der Waals surface area contributed by atoms with Gasteiger partial charge in [-0.15, -0.1) is 45.3 Å². The van der Waals surface area contributed by atoms with Crippen molar-refractivity contribution in [1.29, 1.82) is 0 Å². The maximum atomic E-state index is 5.59. The molecule has 22 rings (SSSR count). The van der Waals surface area contributed by atoms with Gasteiger partial charge in [-0.05, 0) is 85.6 Å². The Hall–Kier alpha value is -11.2. The highest BCUT2D eigenvalue weighted by Crippen LogP contribution is 2.51. The number of thiophene rings is 4. The van der Waals surface area contributed by atoms with Gasteiger partial charge in [0.25, 0.3) is 0 Å². The molecular weight excluding hydrogens is 1220 g/mol. The summed E-state index contributed by atoms with van der Waals surface area (Å²) in [4.78, 5) is 24.0. The van der Waals surface area contributed by atoms with Crippen LogP contribution in [-0.4, -0.2) is 29.1 Å². The zero-order valence-electron chi connectivity index (χ0n) is 49.9. The fourth-order valence-corrected chi connectivity index (χ4v) is 19.9. The molecule has 8 aromatic heterocycles. The minimum Gasteiger partial charge on any atom is -0.276 e. The molecule has 0 unspecified atom stereocenters. The predicted octanol–water partition coefficient (Wildman–Crippen LogP) is 24.6. The van der Waals surface area contributed by atoms with E-state index in [2.05, 4.69) is 288 Å². The van der Waals surface area contributed by atoms with Gasteiger partial charge < -0.3 is 0 Å². The van der Waals surface area contributed by atoms with E-state index in [0.29, 0.717) is 11.9 Å². The largest absolute Gasteiger partial charge is 0.276 e. The lowest BCUT2D eigenvalue weighted by Crippen LogP contribution is -2.03. The molecule has 22 aromatic rings. The molecule has 0 aliphatic heterocycles. The van der Waals surface area contributed by atoms with Gasteiger partial charge in [0.1, 0.15) is 9.66 Å². The second-order valence-electron chi connectivity index (χ2n) is 24.2. The fourth-order valence-electron chi connectivity index (χ4n) is 15.3. The topological polar surface area (TPSA) is 61.4 Å². The molecule has 0 fully saturated rings. The third kappa shape index (κ3) is 7.50. The lowest BCUT2D eigenvalue weighted by atomic mass is 9.99. The van der Waals surface area contributed by atoms with Crippen molar-refractivity contribution in [1.82, 2.24) is 29.1 Å². The number of benzene rings is 14. The van der Waals surface area contributed by atoms with Crippen LogP contribution in [0.25, 0.3) is 202 Å². The van der Waals surface area contributed by atoms with Crippen LogP contribution in [0.5, 0.6) is 0 Å². The van der Waals surface area contributed by atoms with Crippen LogP contribution in [-0.2, 0) is 0 Å². The molecule has 0 saturated heterocycles. The zero-order valence-corrected chi connectivity index (χ0v) is 53.1. The van der Waals surface area contributed by atoms with Gasteiger partial charge in [0.2, 0.25) is 11.9 Å². The summed E-state index contributed by atoms with van der Waals surface area (Å²) < 4.78 is 12.2. The van der Waals surface area contributed by atoms with Crippen LogP contribution >= 0.6 is 45.3 Å². The SMILES string of the molecule is c1ccc2c(-c3nc(-n4c5ccccc5c5c6ccccc6c6c7ccccc7sc6c54)nc4sc5ccccc5c34)cccc2c1.c1ccc2cc(-c3nc(-n4c5ccccc5c5c6ccccc6c6c7ccccc7sc6c54)nc4sc5ccccc5c34)ccc2c1. The van der Waals surface area contributed by atoms with Gasteiger partial charge in [-0.1, -0.05) is 237 Å². The van der Waals surface area contributed by atoms with E-state index < -0.39 is 0 Å². The maximum Gasteiger partial charge on any atom is 0.236 e. The maximum absolute atomic E-state index is 5.59. The molecule has 14 aromatic carbocycles. The van der Waals surface area contributed by atoms with Gasteiger partial charge in [0, 0.05) is 94.6 Å². The van der Waals surface area contributed by atoms with Gasteiger partial charge in [0.05, 0.1) is 42.9 Å². The summed E-state index contributed by atoms with van der Waals surface area (Å²) in [5.41, 5.74) is 8.73. The first-order chi connectivity index (χ1) is 46.6. The molecule has 0 saturated carbocycles. The van der Waals surface area contributed by atoms with Crippen molar-refractivity contribution in [2.75, 3.05) is 0 Å². The van der Waals surface area contributed by atoms with E-state index in [4.69, 9.17) is 19.9 Å². The lowest BCUT2D eigenvalue weighted by molar-refractivity contribution is 1.02. The average molecular weight is 1270 g/mol. The summed E-state index contributed by atoms with van der Waals surface area (Å²) in [6.45, 7) is 0. The molecule has 436 valence electrons. The fraction of sp³-hybridized carbons (Fsp3) is 0. The van der Waals surface area contributed by atoms with Gasteiger partial charge in [-0.3, -0.25) is 9.13 Å². The van der Waals surface area contributed by atoms with Crippen LogP contribution in [0.15, 0.2) is 279 Å². The van der Waals surface area contributed by atoms with Crippen molar-refractivity contribution < 1.29 is 0 Å². The highest BCUT2D eigenvalue weighted by molar-refractivity contribution is 7.27. The molecule has 0 spiro atoms. The van der Waals surface area contributed by atoms with Crippen LogP contribution in [0.2, 0.25) is 0 Å². The standard InChI is InChI=1S/2C42H23N3S2/c1-2-14-25-24(12-1)13-11-20-28(25)38-37-31-19-7-10-23-34(31)47-41(37)44-42(43-38)45-32-21-8-5-17-29(32)35-26-15-3-4-16-27(26)36-30-18-6-9-22-33(30)46-40(36)39(35)45;1-2-12-25-23-26(22-21-24(25)11-1)38-37-31-17-7-10-20-34(31)47-41(37)44-42(43-38)45-32-18-8-5-15-29(32)35-27-13-3-4-14-28(27)36-30-16-6-9-19-33(30)46-40(36)39(35)45/h2*1-23H. The Morgan fingerprint density at radius 3 is 1.14 bits per heavy atom. The molecule has 8 heterocycles. The quantitative estimate of drug-likeness (QED) is 0.176. The second kappa shape index (κ2) is 20.1. The Labute approximate surface area is 551 Å². The molecule has 0 N–H and O–H groups in total. The van der Waals surface area contributed by atoms with Crippen molar-refractivity contribution >= 4 is 213 Å². The van der Waals surface area contributed by atoms with Crippen LogP contribution in [0.4, 0.5) is 0 Å². The molecule has 0 radical (unpaired) electrons. The molecule has 6 nitrogen and oxygen atoms in total. The summed E-state index contributed by atoms with van der Waals surface area (Å²) in [6.07, 6.45) is 0. The van der Waals surface area contributed by atoms with E-state index in [0.717, 1.165) is 54.0 Å². The molecule has 0 bridgehead atoms. The lowest BCUT2D eigenvalue weighted by Gasteiger charge is -2.13. The molecule has 10 heteroatoms. The Bertz CT molecular complexity index is 7010. The van der Waals surface area contributed by atoms with Gasteiger partial charge >= 0.3 is 0 Å². The summed E-state index contributed by atoms with van der Waals surface area (Å²) >= 11 is 7.22. The first-order valence-electron chi connectivity index (χ1n) is 31.5. The summed E-state index contributed by atoms with van der Waals surface area (Å²) in [5, 5.41) is 24.6. The second-order valence-corrected chi connectivity index (χ2v) is 28.4. The van der Waals surface area contributed by atoms with E-state index in [1.54, 1.807) is 22.7 Å². The Morgan fingerprint density at radius 2 is 0.617 bits per heavy atom. The van der Waals surface area contributed by atoms with E-state index in [9.17, 15) is 0 Å². The monoisotopic (exact) mass is 1270 g/mol. The van der Waals surface area contributed by atoms with Gasteiger partial charge in [-0.2, -0.15) is 0 Å². The number of para-hydroxylation sites is 2. The zero-order chi connectivity index (χ0) is 61.3. The number of fused-ring (bicyclic) bond motifs is 28. The molecule has 0 atom stereocenters. The van der Waals surface area contributed by atoms with Crippen molar-refractivity contribution in [2.24, 2.45) is 0 Å². The highest BCUT2D eigenvalue weighted by atomic mass is 32.1. The van der Waals surface area contributed by atoms with Crippen LogP contribution in [0.1, 0.15) is 0 Å². The van der Waals surface area contributed by atoms with E-state index in [1.807, 2.05) is 22.7 Å². The summed E-state index contributed by atoms with van der Waals surface area (Å²) in [5.74, 6) is 1.40. The van der Waals surface area contributed by atoms with Crippen LogP contribution in [0.3, 0.4) is 0 Å². The Morgan fingerprint density at radius 1 is 0.245 bits per heavy atom. The number of aromatic nitrogens is 6. The smallest absolute Gasteiger partial charge is 0.236 e. The first-order valence-corrected chi connectivity index (χ1v) is 34.8. The van der Waals surface area contributed by atoms with Crippen molar-refractivity contribution in [3.63, 3.8) is 0 Å². The molecule has 0 aliphatic rings. The first kappa shape index (κ1) is 52.4. The van der Waals surface area contributed by atoms with Crippen LogP contribution < -0.4 is 0 Å². The minimum absolute atomic E-state index is 0.701. The normalized spacial score (nSPS) is 12.3. The van der Waals surface area contributed by atoms with Crippen molar-refractivity contribution in [3.05, 3.63) is 279 Å². The highest BCUT2D eigenvalue weighted by Gasteiger charge is 2.28. The summed E-state index contributed by atoms with van der Waals surface area (Å²) in [6, 6.07) is 100. The number of hydrogen-bond acceptors (Lipinski definition) is 8. The third-order valence-electron chi connectivity index (χ3n) is 19.2. The average Bonchev–Trinajstić information content (AvgIpc) is 1.54. The molecule has 0 aliphatic carbocycles. The predicted molar refractivity (Wildman–Crippen MR) is 405 cm³/mol. The van der Waals surface area contributed by atoms with Crippen LogP contribution in [0, 0.1) is 0 Å². The van der Waals surface area contributed by atoms with Gasteiger partial charge in [-0.25, -0.2) is 19.9 Å². The van der Waals surface area contributed by atoms with Crippen molar-refractivity contribution in [3.8, 4) is 34.4 Å². The van der Waals surface area contributed by atoms with Crippen molar-refractivity contribution in [2.45, 2.75) is 0 Å². The Kier molecular flexibility index (Phi) is 11.2. The molecule has 94 heavy (non-hydrogen) atoms. The number of hydrogen-bond donors (Lipinski definition) is 0. The van der Waals surface area contributed by atoms with Gasteiger partial charge in [0.15, 0.2) is 0 Å². The number of nitrogens with zero attached hydrogens (tertiary/aromatic N) is 6. The third-order valence-corrected chi connectivity index (χ3v) is 23.7. The van der Waals surface area contributed by atoms with E-state index in [1.165, 1.54) is 136 Å². The number of rotatable bonds is 4. The van der Waals surface area contributed by atoms with E-state index in [-0.39, 0.29) is 0 Å². The molecular formula is C84H46N6S4. The molecule has 0 amide bonds.